The first kappa shape index (κ1) is 16.0. The maximum atomic E-state index is 4.80. The number of aromatic amines is 1. The van der Waals surface area contributed by atoms with E-state index < -0.39 is 0 Å². The number of aromatic nitrogens is 4. The molecule has 0 radical (unpaired) electrons. The van der Waals surface area contributed by atoms with E-state index in [0.29, 0.717) is 11.7 Å². The molecule has 2 N–H and O–H groups in total. The smallest absolute Gasteiger partial charge is 0.162 e. The first-order chi connectivity index (χ1) is 13.4. The molecular formula is C22H21N5. The minimum absolute atomic E-state index is 0.607. The predicted octanol–water partition coefficient (Wildman–Crippen LogP) is 5.42. The molecule has 1 saturated carbocycles. The first-order valence-electron chi connectivity index (χ1n) is 9.51. The van der Waals surface area contributed by atoms with Crippen molar-refractivity contribution in [2.75, 3.05) is 5.32 Å². The number of anilines is 2. The Kier molecular flexibility index (Phi) is 4.05. The van der Waals surface area contributed by atoms with Gasteiger partial charge in [-0.05, 0) is 25.0 Å². The van der Waals surface area contributed by atoms with Gasteiger partial charge in [0.1, 0.15) is 5.82 Å². The summed E-state index contributed by atoms with van der Waals surface area (Å²) in [4.78, 5) is 9.53. The van der Waals surface area contributed by atoms with Gasteiger partial charge in [-0.3, -0.25) is 5.10 Å². The topological polar surface area (TPSA) is 66.5 Å². The molecule has 0 atom stereocenters. The van der Waals surface area contributed by atoms with Crippen LogP contribution in [-0.4, -0.2) is 20.2 Å². The Morgan fingerprint density at radius 3 is 2.52 bits per heavy atom. The second kappa shape index (κ2) is 6.83. The molecule has 0 bridgehead atoms. The molecule has 2 aromatic carbocycles. The van der Waals surface area contributed by atoms with Gasteiger partial charge in [0.05, 0.1) is 5.52 Å². The molecule has 0 saturated heterocycles. The summed E-state index contributed by atoms with van der Waals surface area (Å²) >= 11 is 0. The average molecular weight is 355 g/mol. The Labute approximate surface area is 157 Å². The summed E-state index contributed by atoms with van der Waals surface area (Å²) in [5.74, 6) is 2.90. The molecule has 0 unspecified atom stereocenters. The Balaban J connectivity index is 1.53. The van der Waals surface area contributed by atoms with Crippen LogP contribution >= 0.6 is 0 Å². The average Bonchev–Trinajstić information content (AvgIpc) is 3.40. The molecular weight excluding hydrogens is 334 g/mol. The Morgan fingerprint density at radius 1 is 0.889 bits per heavy atom. The van der Waals surface area contributed by atoms with Gasteiger partial charge in [-0.15, -0.1) is 0 Å². The van der Waals surface area contributed by atoms with Crippen LogP contribution < -0.4 is 5.32 Å². The maximum absolute atomic E-state index is 4.80. The van der Waals surface area contributed by atoms with Gasteiger partial charge >= 0.3 is 0 Å². The lowest BCUT2D eigenvalue weighted by atomic mass is 10.0. The molecule has 5 rings (SSSR count). The lowest BCUT2D eigenvalue weighted by Crippen LogP contribution is -1.99. The van der Waals surface area contributed by atoms with E-state index >= 15 is 0 Å². The van der Waals surface area contributed by atoms with Crippen molar-refractivity contribution in [1.82, 2.24) is 20.2 Å². The van der Waals surface area contributed by atoms with E-state index in [1.54, 1.807) is 0 Å². The van der Waals surface area contributed by atoms with Crippen LogP contribution in [0.15, 0.2) is 60.7 Å². The normalized spacial score (nSPS) is 14.7. The standard InChI is InChI=1S/C22H21N5/c1-2-10-16(11-3-1)21-23-18-13-7-6-12-17(18)22(25-21)24-20-14-19(26-27-20)15-8-4-5-9-15/h1-3,6-7,10-15H,4-5,8-9H2,(H2,23,24,25,26,27). The molecule has 134 valence electrons. The van der Waals surface area contributed by atoms with Crippen molar-refractivity contribution in [2.24, 2.45) is 0 Å². The second-order valence-corrected chi connectivity index (χ2v) is 7.09. The van der Waals surface area contributed by atoms with Crippen LogP contribution in [0.3, 0.4) is 0 Å². The van der Waals surface area contributed by atoms with Crippen molar-refractivity contribution in [3.05, 3.63) is 66.4 Å². The fourth-order valence-electron chi connectivity index (χ4n) is 3.86. The van der Waals surface area contributed by atoms with Gasteiger partial charge in [0.2, 0.25) is 0 Å². The van der Waals surface area contributed by atoms with Crippen molar-refractivity contribution < 1.29 is 0 Å². The Morgan fingerprint density at radius 2 is 1.67 bits per heavy atom. The number of para-hydroxylation sites is 1. The van der Waals surface area contributed by atoms with Crippen molar-refractivity contribution in [3.8, 4) is 11.4 Å². The monoisotopic (exact) mass is 355 g/mol. The highest BCUT2D eigenvalue weighted by molar-refractivity contribution is 5.91. The molecule has 2 aromatic heterocycles. The molecule has 4 aromatic rings. The molecule has 5 heteroatoms. The molecule has 0 aliphatic heterocycles. The summed E-state index contributed by atoms with van der Waals surface area (Å²) < 4.78 is 0. The zero-order valence-corrected chi connectivity index (χ0v) is 15.0. The second-order valence-electron chi connectivity index (χ2n) is 7.09. The quantitative estimate of drug-likeness (QED) is 0.513. The number of H-pyrrole nitrogens is 1. The van der Waals surface area contributed by atoms with Gasteiger partial charge in [0.15, 0.2) is 11.6 Å². The number of hydrogen-bond acceptors (Lipinski definition) is 4. The van der Waals surface area contributed by atoms with Crippen LogP contribution in [0.25, 0.3) is 22.3 Å². The summed E-state index contributed by atoms with van der Waals surface area (Å²) in [6.07, 6.45) is 5.11. The van der Waals surface area contributed by atoms with Gasteiger partial charge in [0.25, 0.3) is 0 Å². The fourth-order valence-corrected chi connectivity index (χ4v) is 3.86. The fraction of sp³-hybridized carbons (Fsp3) is 0.227. The maximum Gasteiger partial charge on any atom is 0.162 e. The predicted molar refractivity (Wildman–Crippen MR) is 108 cm³/mol. The van der Waals surface area contributed by atoms with Crippen LogP contribution in [-0.2, 0) is 0 Å². The number of hydrogen-bond donors (Lipinski definition) is 2. The van der Waals surface area contributed by atoms with Crippen LogP contribution in [0.1, 0.15) is 37.3 Å². The van der Waals surface area contributed by atoms with Gasteiger partial charge in [-0.1, -0.05) is 55.3 Å². The molecule has 27 heavy (non-hydrogen) atoms. The summed E-state index contributed by atoms with van der Waals surface area (Å²) in [5.41, 5.74) is 3.14. The Bertz CT molecular complexity index is 1060. The number of nitrogens with one attached hydrogen (secondary N) is 2. The minimum atomic E-state index is 0.607. The number of fused-ring (bicyclic) bond motifs is 1. The van der Waals surface area contributed by atoms with Crippen molar-refractivity contribution in [1.29, 1.82) is 0 Å². The van der Waals surface area contributed by atoms with Gasteiger partial charge in [-0.25, -0.2) is 9.97 Å². The van der Waals surface area contributed by atoms with Crippen LogP contribution in [0.2, 0.25) is 0 Å². The number of rotatable bonds is 4. The van der Waals surface area contributed by atoms with E-state index in [4.69, 9.17) is 9.97 Å². The number of nitrogens with zero attached hydrogens (tertiary/aromatic N) is 3. The highest BCUT2D eigenvalue weighted by atomic mass is 15.2. The minimum Gasteiger partial charge on any atom is -0.323 e. The van der Waals surface area contributed by atoms with Gasteiger partial charge in [0, 0.05) is 28.6 Å². The van der Waals surface area contributed by atoms with Crippen LogP contribution in [0, 0.1) is 0 Å². The molecule has 1 aliphatic carbocycles. The third-order valence-corrected chi connectivity index (χ3v) is 5.27. The SMILES string of the molecule is c1ccc(-c2nc(Nc3cc(C4CCCC4)[nH]n3)c3ccccc3n2)cc1. The van der Waals surface area contributed by atoms with E-state index in [0.717, 1.165) is 28.1 Å². The summed E-state index contributed by atoms with van der Waals surface area (Å²) in [6, 6.07) is 20.2. The van der Waals surface area contributed by atoms with Crippen molar-refractivity contribution >= 4 is 22.5 Å². The molecule has 1 fully saturated rings. The van der Waals surface area contributed by atoms with Crippen LogP contribution in [0.5, 0.6) is 0 Å². The number of benzene rings is 2. The van der Waals surface area contributed by atoms with Crippen molar-refractivity contribution in [2.45, 2.75) is 31.6 Å². The third-order valence-electron chi connectivity index (χ3n) is 5.27. The third kappa shape index (κ3) is 3.16. The highest BCUT2D eigenvalue weighted by Gasteiger charge is 2.19. The first-order valence-corrected chi connectivity index (χ1v) is 9.51. The van der Waals surface area contributed by atoms with Gasteiger partial charge < -0.3 is 5.32 Å². The van der Waals surface area contributed by atoms with E-state index in [2.05, 4.69) is 21.6 Å². The van der Waals surface area contributed by atoms with E-state index in [1.165, 1.54) is 31.4 Å². The highest BCUT2D eigenvalue weighted by Crippen LogP contribution is 2.34. The summed E-state index contributed by atoms with van der Waals surface area (Å²) in [5, 5.41) is 12.1. The largest absolute Gasteiger partial charge is 0.323 e. The molecule has 1 aliphatic rings. The zero-order valence-electron chi connectivity index (χ0n) is 15.0. The summed E-state index contributed by atoms with van der Waals surface area (Å²) in [7, 11) is 0. The van der Waals surface area contributed by atoms with E-state index in [9.17, 15) is 0 Å². The van der Waals surface area contributed by atoms with Gasteiger partial charge in [-0.2, -0.15) is 5.10 Å². The molecule has 2 heterocycles. The van der Waals surface area contributed by atoms with E-state index in [-0.39, 0.29) is 0 Å². The van der Waals surface area contributed by atoms with Crippen LogP contribution in [0.4, 0.5) is 11.6 Å². The Hall–Kier alpha value is -3.21. The molecule has 0 amide bonds. The lowest BCUT2D eigenvalue weighted by Gasteiger charge is -2.09. The lowest BCUT2D eigenvalue weighted by molar-refractivity contribution is 0.693. The molecule has 0 spiro atoms. The van der Waals surface area contributed by atoms with E-state index in [1.807, 2.05) is 54.6 Å². The van der Waals surface area contributed by atoms with Crippen molar-refractivity contribution in [3.63, 3.8) is 0 Å². The molecule has 5 nitrogen and oxygen atoms in total. The zero-order chi connectivity index (χ0) is 18.1. The summed E-state index contributed by atoms with van der Waals surface area (Å²) in [6.45, 7) is 0.